The summed E-state index contributed by atoms with van der Waals surface area (Å²) in [5.41, 5.74) is 3.05. The van der Waals surface area contributed by atoms with Crippen molar-refractivity contribution < 1.29 is 14.3 Å². The first kappa shape index (κ1) is 16.2. The van der Waals surface area contributed by atoms with Crippen molar-refractivity contribution in [2.24, 2.45) is 0 Å². The van der Waals surface area contributed by atoms with Gasteiger partial charge >= 0.3 is 6.09 Å². The first-order valence-corrected chi connectivity index (χ1v) is 8.19. The van der Waals surface area contributed by atoms with Crippen LogP contribution in [0.1, 0.15) is 35.6 Å². The Morgan fingerprint density at radius 1 is 1.17 bits per heavy atom. The predicted octanol–water partition coefficient (Wildman–Crippen LogP) is 4.04. The van der Waals surface area contributed by atoms with Crippen LogP contribution in [0, 0.1) is 6.92 Å². The van der Waals surface area contributed by atoms with Gasteiger partial charge in [-0.15, -0.1) is 0 Å². The zero-order valence-electron chi connectivity index (χ0n) is 13.8. The van der Waals surface area contributed by atoms with Crippen molar-refractivity contribution in [3.8, 4) is 0 Å². The largest absolute Gasteiger partial charge is 0.445 e. The summed E-state index contributed by atoms with van der Waals surface area (Å²) in [6.07, 6.45) is 0.380. The molecular weight excluding hydrogens is 302 g/mol. The Morgan fingerprint density at radius 3 is 2.71 bits per heavy atom. The smallest absolute Gasteiger partial charge is 0.410 e. The van der Waals surface area contributed by atoms with Gasteiger partial charge in [0.15, 0.2) is 0 Å². The molecule has 0 radical (unpaired) electrons. The van der Waals surface area contributed by atoms with Crippen molar-refractivity contribution in [2.75, 3.05) is 6.54 Å². The summed E-state index contributed by atoms with van der Waals surface area (Å²) in [5.74, 6) is 0.189. The van der Waals surface area contributed by atoms with E-state index in [1.807, 2.05) is 61.5 Å². The molecule has 1 aliphatic rings. The number of ether oxygens (including phenoxy) is 1. The second-order valence-electron chi connectivity index (χ2n) is 6.16. The molecule has 4 heteroatoms. The maximum atomic E-state index is 12.5. The second kappa shape index (κ2) is 7.30. The number of hydrogen-bond donors (Lipinski definition) is 0. The zero-order valence-corrected chi connectivity index (χ0v) is 13.8. The first-order valence-electron chi connectivity index (χ1n) is 8.19. The van der Waals surface area contributed by atoms with Crippen molar-refractivity contribution >= 4 is 11.9 Å². The Kier molecular flexibility index (Phi) is 4.94. The number of likely N-dealkylation sites (tertiary alicyclic amines) is 1. The van der Waals surface area contributed by atoms with E-state index in [-0.39, 0.29) is 24.5 Å². The number of aryl methyl sites for hydroxylation is 1. The molecule has 0 bridgehead atoms. The third-order valence-electron chi connectivity index (χ3n) is 4.30. The van der Waals surface area contributed by atoms with E-state index in [0.717, 1.165) is 16.7 Å². The molecule has 24 heavy (non-hydrogen) atoms. The van der Waals surface area contributed by atoms with E-state index < -0.39 is 0 Å². The molecule has 2 aromatic carbocycles. The summed E-state index contributed by atoms with van der Waals surface area (Å²) in [7, 11) is 0. The number of Topliss-reactive ketones (excluding diaryl/α,β-unsaturated/α-hetero) is 1. The molecule has 1 saturated heterocycles. The Labute approximate surface area is 142 Å². The highest BCUT2D eigenvalue weighted by Gasteiger charge is 2.32. The average molecular weight is 323 g/mol. The van der Waals surface area contributed by atoms with Gasteiger partial charge in [0.05, 0.1) is 6.04 Å². The summed E-state index contributed by atoms with van der Waals surface area (Å²) in [4.78, 5) is 26.1. The molecule has 0 spiro atoms. The normalized spacial score (nSPS) is 17.6. The summed E-state index contributed by atoms with van der Waals surface area (Å²) < 4.78 is 5.46. The number of piperidine rings is 1. The third kappa shape index (κ3) is 3.82. The van der Waals surface area contributed by atoms with Crippen molar-refractivity contribution in [3.63, 3.8) is 0 Å². The van der Waals surface area contributed by atoms with Crippen LogP contribution in [-0.4, -0.2) is 23.3 Å². The molecule has 2 aromatic rings. The molecule has 0 aromatic heterocycles. The van der Waals surface area contributed by atoms with E-state index in [4.69, 9.17) is 4.74 Å². The number of amides is 1. The number of hydrogen-bond acceptors (Lipinski definition) is 3. The van der Waals surface area contributed by atoms with Crippen LogP contribution in [-0.2, 0) is 16.1 Å². The predicted molar refractivity (Wildman–Crippen MR) is 91.5 cm³/mol. The van der Waals surface area contributed by atoms with E-state index >= 15 is 0 Å². The highest BCUT2D eigenvalue weighted by atomic mass is 16.6. The fourth-order valence-electron chi connectivity index (χ4n) is 3.02. The quantitative estimate of drug-likeness (QED) is 0.856. The highest BCUT2D eigenvalue weighted by Crippen LogP contribution is 2.30. The van der Waals surface area contributed by atoms with Crippen LogP contribution >= 0.6 is 0 Å². The SMILES string of the molecule is Cc1cccc([C@H]2CC(=O)CCN2C(=O)OCc2ccccc2)c1. The number of ketones is 1. The van der Waals surface area contributed by atoms with Gasteiger partial charge in [-0.3, -0.25) is 4.79 Å². The fourth-order valence-corrected chi connectivity index (χ4v) is 3.02. The average Bonchev–Trinajstić information content (AvgIpc) is 2.60. The third-order valence-corrected chi connectivity index (χ3v) is 4.30. The van der Waals surface area contributed by atoms with Crippen LogP contribution < -0.4 is 0 Å². The van der Waals surface area contributed by atoms with E-state index in [0.29, 0.717) is 19.4 Å². The first-order chi connectivity index (χ1) is 11.6. The maximum Gasteiger partial charge on any atom is 0.410 e. The van der Waals surface area contributed by atoms with Gasteiger partial charge in [0.2, 0.25) is 0 Å². The number of rotatable bonds is 3. The lowest BCUT2D eigenvalue weighted by Crippen LogP contribution is -2.41. The van der Waals surface area contributed by atoms with Gasteiger partial charge in [0.25, 0.3) is 0 Å². The molecule has 0 aliphatic carbocycles. The lowest BCUT2D eigenvalue weighted by Gasteiger charge is -2.34. The Hall–Kier alpha value is -2.62. The Morgan fingerprint density at radius 2 is 1.96 bits per heavy atom. The van der Waals surface area contributed by atoms with Crippen molar-refractivity contribution in [1.29, 1.82) is 0 Å². The Bertz CT molecular complexity index is 727. The minimum Gasteiger partial charge on any atom is -0.445 e. The molecule has 1 fully saturated rings. The number of carbonyl (C=O) groups is 2. The number of benzene rings is 2. The van der Waals surface area contributed by atoms with Crippen LogP contribution in [0.15, 0.2) is 54.6 Å². The summed E-state index contributed by atoms with van der Waals surface area (Å²) >= 11 is 0. The molecule has 1 amide bonds. The standard InChI is InChI=1S/C20H21NO3/c1-15-6-5-9-17(12-15)19-13-18(22)10-11-21(19)20(23)24-14-16-7-3-2-4-8-16/h2-9,12,19H,10-11,13-14H2,1H3/t19-/m1/s1. The van der Waals surface area contributed by atoms with E-state index in [1.165, 1.54) is 0 Å². The zero-order chi connectivity index (χ0) is 16.9. The van der Waals surface area contributed by atoms with Crippen LogP contribution in [0.2, 0.25) is 0 Å². The van der Waals surface area contributed by atoms with Crippen LogP contribution in [0.25, 0.3) is 0 Å². The van der Waals surface area contributed by atoms with E-state index in [9.17, 15) is 9.59 Å². The Balaban J connectivity index is 1.73. The minimum atomic E-state index is -0.363. The van der Waals surface area contributed by atoms with Gasteiger partial charge in [-0.1, -0.05) is 60.2 Å². The minimum absolute atomic E-state index is 0.189. The lowest BCUT2D eigenvalue weighted by molar-refractivity contribution is -0.122. The van der Waals surface area contributed by atoms with Gasteiger partial charge < -0.3 is 9.64 Å². The van der Waals surface area contributed by atoms with Crippen molar-refractivity contribution in [2.45, 2.75) is 32.4 Å². The topological polar surface area (TPSA) is 46.6 Å². The van der Waals surface area contributed by atoms with Gasteiger partial charge in [-0.05, 0) is 18.1 Å². The molecule has 124 valence electrons. The molecule has 1 heterocycles. The highest BCUT2D eigenvalue weighted by molar-refractivity contribution is 5.82. The summed E-state index contributed by atoms with van der Waals surface area (Å²) in [6, 6.07) is 17.3. The fraction of sp³-hybridized carbons (Fsp3) is 0.300. The van der Waals surface area contributed by atoms with E-state index in [2.05, 4.69) is 0 Å². The molecule has 0 unspecified atom stereocenters. The number of carbonyl (C=O) groups excluding carboxylic acids is 2. The van der Waals surface area contributed by atoms with Crippen LogP contribution in [0.4, 0.5) is 4.79 Å². The van der Waals surface area contributed by atoms with Crippen LogP contribution in [0.5, 0.6) is 0 Å². The van der Waals surface area contributed by atoms with Gasteiger partial charge in [-0.2, -0.15) is 0 Å². The van der Waals surface area contributed by atoms with Gasteiger partial charge in [0, 0.05) is 19.4 Å². The summed E-state index contributed by atoms with van der Waals surface area (Å²) in [5, 5.41) is 0. The molecule has 3 rings (SSSR count). The monoisotopic (exact) mass is 323 g/mol. The molecule has 4 nitrogen and oxygen atoms in total. The maximum absolute atomic E-state index is 12.5. The summed E-state index contributed by atoms with van der Waals surface area (Å²) in [6.45, 7) is 2.65. The molecule has 1 atom stereocenters. The number of nitrogens with zero attached hydrogens (tertiary/aromatic N) is 1. The van der Waals surface area contributed by atoms with Crippen LogP contribution in [0.3, 0.4) is 0 Å². The molecule has 0 N–H and O–H groups in total. The van der Waals surface area contributed by atoms with Gasteiger partial charge in [0.1, 0.15) is 12.4 Å². The van der Waals surface area contributed by atoms with E-state index in [1.54, 1.807) is 4.90 Å². The lowest BCUT2D eigenvalue weighted by atomic mass is 9.94. The van der Waals surface area contributed by atoms with Gasteiger partial charge in [-0.25, -0.2) is 4.79 Å². The van der Waals surface area contributed by atoms with Crippen molar-refractivity contribution in [3.05, 3.63) is 71.3 Å². The molecule has 0 saturated carbocycles. The van der Waals surface area contributed by atoms with Crippen molar-refractivity contribution in [1.82, 2.24) is 4.90 Å². The molecule has 1 aliphatic heterocycles. The second-order valence-corrected chi connectivity index (χ2v) is 6.16. The molecular formula is C20H21NO3.